The Morgan fingerprint density at radius 1 is 1.18 bits per heavy atom. The van der Waals surface area contributed by atoms with Crippen LogP contribution in [-0.2, 0) is 10.8 Å². The van der Waals surface area contributed by atoms with E-state index in [0.29, 0.717) is 20.8 Å². The summed E-state index contributed by atoms with van der Waals surface area (Å²) in [6.45, 7) is 0. The van der Waals surface area contributed by atoms with Gasteiger partial charge in [-0.3, -0.25) is 4.79 Å². The van der Waals surface area contributed by atoms with E-state index in [1.807, 2.05) is 6.07 Å². The summed E-state index contributed by atoms with van der Waals surface area (Å²) in [5, 5.41) is 24.6. The SMILES string of the molecule is O=C(C=C(O)c1c(S(=O)c2ccccc2)[nH]c2ccc(Cl)cc12)c1nn[nH]n1. The highest BCUT2D eigenvalue weighted by Gasteiger charge is 2.22. The number of aliphatic hydroxyl groups excluding tert-OH is 1. The first-order chi connectivity index (χ1) is 13.5. The van der Waals surface area contributed by atoms with E-state index in [1.54, 1.807) is 42.5 Å². The number of allylic oxidation sites excluding steroid dienone is 1. The number of ketones is 1. The summed E-state index contributed by atoms with van der Waals surface area (Å²) in [6, 6.07) is 13.8. The molecular formula is C18H12ClN5O3S. The molecule has 2 heterocycles. The normalized spacial score (nSPS) is 13.0. The molecule has 140 valence electrons. The molecule has 0 aliphatic rings. The molecule has 2 aromatic heterocycles. The van der Waals surface area contributed by atoms with Crippen molar-refractivity contribution in [2.24, 2.45) is 0 Å². The van der Waals surface area contributed by atoms with Crippen LogP contribution in [0.25, 0.3) is 16.7 Å². The van der Waals surface area contributed by atoms with E-state index in [-0.39, 0.29) is 22.2 Å². The predicted molar refractivity (Wildman–Crippen MR) is 104 cm³/mol. The largest absolute Gasteiger partial charge is 0.507 e. The number of H-pyrrole nitrogens is 2. The molecule has 0 amide bonds. The molecule has 4 rings (SSSR count). The molecule has 0 fully saturated rings. The molecule has 0 spiro atoms. The number of rotatable bonds is 5. The minimum absolute atomic E-state index is 0.199. The number of fused-ring (bicyclic) bond motifs is 1. The van der Waals surface area contributed by atoms with Crippen LogP contribution >= 0.6 is 11.6 Å². The van der Waals surface area contributed by atoms with Crippen LogP contribution < -0.4 is 0 Å². The minimum atomic E-state index is -1.63. The fraction of sp³-hybridized carbons (Fsp3) is 0. The highest BCUT2D eigenvalue weighted by Crippen LogP contribution is 2.33. The van der Waals surface area contributed by atoms with Crippen molar-refractivity contribution < 1.29 is 14.1 Å². The Balaban J connectivity index is 1.89. The van der Waals surface area contributed by atoms with Gasteiger partial charge in [0.25, 0.3) is 0 Å². The van der Waals surface area contributed by atoms with E-state index in [1.165, 1.54) is 0 Å². The molecule has 1 atom stereocenters. The minimum Gasteiger partial charge on any atom is -0.507 e. The number of aliphatic hydroxyl groups is 1. The van der Waals surface area contributed by atoms with Crippen molar-refractivity contribution in [3.05, 3.63) is 71.0 Å². The number of carbonyl (C=O) groups is 1. The molecule has 8 nitrogen and oxygen atoms in total. The van der Waals surface area contributed by atoms with E-state index < -0.39 is 16.6 Å². The molecule has 4 aromatic rings. The number of aromatic amines is 2. The van der Waals surface area contributed by atoms with E-state index in [2.05, 4.69) is 25.6 Å². The lowest BCUT2D eigenvalue weighted by atomic mass is 10.1. The number of aromatic nitrogens is 5. The van der Waals surface area contributed by atoms with Gasteiger partial charge in [0.1, 0.15) is 21.6 Å². The highest BCUT2D eigenvalue weighted by atomic mass is 35.5. The number of hydrogen-bond donors (Lipinski definition) is 3. The third-order valence-electron chi connectivity index (χ3n) is 3.96. The first-order valence-electron chi connectivity index (χ1n) is 8.01. The molecule has 2 aromatic carbocycles. The number of nitrogens with one attached hydrogen (secondary N) is 2. The van der Waals surface area contributed by atoms with E-state index in [9.17, 15) is 14.1 Å². The number of benzene rings is 2. The Hall–Kier alpha value is -3.30. The van der Waals surface area contributed by atoms with Crippen LogP contribution in [0.3, 0.4) is 0 Å². The second-order valence-corrected chi connectivity index (χ2v) is 7.58. The topological polar surface area (TPSA) is 125 Å². The number of carbonyl (C=O) groups excluding carboxylic acids is 1. The maximum atomic E-state index is 13.1. The fourth-order valence-electron chi connectivity index (χ4n) is 2.72. The Labute approximate surface area is 165 Å². The lowest BCUT2D eigenvalue weighted by Crippen LogP contribution is -2.02. The Morgan fingerprint density at radius 2 is 1.96 bits per heavy atom. The summed E-state index contributed by atoms with van der Waals surface area (Å²) >= 11 is 6.10. The second-order valence-electron chi connectivity index (χ2n) is 5.73. The van der Waals surface area contributed by atoms with Crippen LogP contribution in [0.5, 0.6) is 0 Å². The van der Waals surface area contributed by atoms with Crippen LogP contribution in [0.15, 0.2) is 64.5 Å². The van der Waals surface area contributed by atoms with Crippen molar-refractivity contribution in [1.82, 2.24) is 25.6 Å². The van der Waals surface area contributed by atoms with Gasteiger partial charge < -0.3 is 10.1 Å². The molecular weight excluding hydrogens is 402 g/mol. The molecule has 0 bridgehead atoms. The summed E-state index contributed by atoms with van der Waals surface area (Å²) in [6.07, 6.45) is 0.958. The number of nitrogens with zero attached hydrogens (tertiary/aromatic N) is 3. The van der Waals surface area contributed by atoms with Crippen LogP contribution in [0.4, 0.5) is 0 Å². The quantitative estimate of drug-likeness (QED) is 0.262. The smallest absolute Gasteiger partial charge is 0.244 e. The first kappa shape index (κ1) is 18.1. The molecule has 1 unspecified atom stereocenters. The summed E-state index contributed by atoms with van der Waals surface area (Å²) in [4.78, 5) is 15.8. The van der Waals surface area contributed by atoms with Gasteiger partial charge in [-0.2, -0.15) is 5.21 Å². The van der Waals surface area contributed by atoms with E-state index in [0.717, 1.165) is 6.08 Å². The van der Waals surface area contributed by atoms with Gasteiger partial charge in [-0.1, -0.05) is 29.8 Å². The van der Waals surface area contributed by atoms with Crippen LogP contribution in [0, 0.1) is 0 Å². The Bertz CT molecular complexity index is 1220. The van der Waals surface area contributed by atoms with E-state index >= 15 is 0 Å². The highest BCUT2D eigenvalue weighted by molar-refractivity contribution is 7.85. The van der Waals surface area contributed by atoms with Gasteiger partial charge in [0.2, 0.25) is 11.6 Å². The molecule has 0 radical (unpaired) electrons. The van der Waals surface area contributed by atoms with Gasteiger partial charge in [0.05, 0.1) is 5.56 Å². The van der Waals surface area contributed by atoms with Crippen molar-refractivity contribution >= 4 is 44.8 Å². The van der Waals surface area contributed by atoms with Crippen molar-refractivity contribution in [3.8, 4) is 0 Å². The van der Waals surface area contributed by atoms with Gasteiger partial charge in [-0.25, -0.2) is 4.21 Å². The average molecular weight is 414 g/mol. The summed E-state index contributed by atoms with van der Waals surface area (Å²) in [7, 11) is -1.63. The van der Waals surface area contributed by atoms with Crippen LogP contribution in [0.1, 0.15) is 16.2 Å². The molecule has 0 aliphatic carbocycles. The first-order valence-corrected chi connectivity index (χ1v) is 9.54. The monoisotopic (exact) mass is 413 g/mol. The number of hydrogen-bond acceptors (Lipinski definition) is 6. The standard InChI is InChI=1S/C18H12ClN5O3S/c19-10-6-7-13-12(8-10)16(14(25)9-15(26)17-21-23-24-22-17)18(20-13)28(27)11-4-2-1-3-5-11/h1-9,20,25H,(H,21,22,23,24). The zero-order valence-electron chi connectivity index (χ0n) is 14.1. The number of halogens is 1. The predicted octanol–water partition coefficient (Wildman–Crippen LogP) is 3.28. The molecule has 0 saturated heterocycles. The lowest BCUT2D eigenvalue weighted by molar-refractivity contribution is 0.103. The second kappa shape index (κ2) is 7.37. The van der Waals surface area contributed by atoms with Crippen molar-refractivity contribution in [3.63, 3.8) is 0 Å². The average Bonchev–Trinajstić information content (AvgIpc) is 3.36. The van der Waals surface area contributed by atoms with Crippen molar-refractivity contribution in [2.45, 2.75) is 9.92 Å². The fourth-order valence-corrected chi connectivity index (χ4v) is 4.14. The molecule has 10 heteroatoms. The molecule has 0 saturated carbocycles. The van der Waals surface area contributed by atoms with Gasteiger partial charge in [0, 0.05) is 26.9 Å². The van der Waals surface area contributed by atoms with E-state index in [4.69, 9.17) is 11.6 Å². The third kappa shape index (κ3) is 3.32. The molecule has 0 aliphatic heterocycles. The number of tetrazole rings is 1. The van der Waals surface area contributed by atoms with Gasteiger partial charge in [-0.05, 0) is 35.5 Å². The third-order valence-corrected chi connectivity index (χ3v) is 5.57. The van der Waals surface area contributed by atoms with Gasteiger partial charge in [0.15, 0.2) is 0 Å². The molecule has 28 heavy (non-hydrogen) atoms. The summed E-state index contributed by atoms with van der Waals surface area (Å²) in [5.41, 5.74) is 0.835. The zero-order chi connectivity index (χ0) is 19.7. The molecule has 3 N–H and O–H groups in total. The summed E-state index contributed by atoms with van der Waals surface area (Å²) < 4.78 is 13.1. The Kier molecular flexibility index (Phi) is 4.76. The van der Waals surface area contributed by atoms with Gasteiger partial charge >= 0.3 is 0 Å². The van der Waals surface area contributed by atoms with Crippen molar-refractivity contribution in [2.75, 3.05) is 0 Å². The zero-order valence-corrected chi connectivity index (χ0v) is 15.7. The summed E-state index contributed by atoms with van der Waals surface area (Å²) in [5.74, 6) is -1.24. The maximum Gasteiger partial charge on any atom is 0.244 e. The maximum absolute atomic E-state index is 13.1. The van der Waals surface area contributed by atoms with Crippen molar-refractivity contribution in [1.29, 1.82) is 0 Å². The van der Waals surface area contributed by atoms with Crippen LogP contribution in [0.2, 0.25) is 5.02 Å². The van der Waals surface area contributed by atoms with Gasteiger partial charge in [-0.15, -0.1) is 10.2 Å². The lowest BCUT2D eigenvalue weighted by Gasteiger charge is -2.05. The van der Waals surface area contributed by atoms with Crippen LogP contribution in [-0.4, -0.2) is 40.7 Å². The Morgan fingerprint density at radius 3 is 2.68 bits per heavy atom.